The maximum atomic E-state index is 10.2. The van der Waals surface area contributed by atoms with E-state index in [1.165, 1.54) is 7.11 Å². The van der Waals surface area contributed by atoms with Crippen molar-refractivity contribution in [3.63, 3.8) is 0 Å². The van der Waals surface area contributed by atoms with Crippen LogP contribution < -0.4 is 9.47 Å². The van der Waals surface area contributed by atoms with Crippen molar-refractivity contribution >= 4 is 5.71 Å². The van der Waals surface area contributed by atoms with E-state index in [-0.39, 0.29) is 17.7 Å². The van der Waals surface area contributed by atoms with E-state index in [4.69, 9.17) is 14.9 Å². The number of rotatable bonds is 4. The van der Waals surface area contributed by atoms with Crippen LogP contribution in [0, 0.1) is 56.7 Å². The van der Waals surface area contributed by atoms with E-state index in [1.54, 1.807) is 25.3 Å². The molecule has 1 N–H and O–H groups in total. The van der Waals surface area contributed by atoms with Gasteiger partial charge in [0.25, 0.3) is 0 Å². The fourth-order valence-electron chi connectivity index (χ4n) is 4.68. The molecular formula is C23H25N5O2. The zero-order valence-corrected chi connectivity index (χ0v) is 17.6. The zero-order valence-electron chi connectivity index (χ0n) is 17.6. The summed E-state index contributed by atoms with van der Waals surface area (Å²) in [6.45, 7) is 5.44. The van der Waals surface area contributed by atoms with Crippen molar-refractivity contribution in [2.24, 2.45) is 17.3 Å². The van der Waals surface area contributed by atoms with Crippen LogP contribution in [-0.4, -0.2) is 44.0 Å². The van der Waals surface area contributed by atoms with Gasteiger partial charge in [0.15, 0.2) is 5.41 Å². The predicted octanol–water partition coefficient (Wildman–Crippen LogP) is 3.26. The smallest absolute Gasteiger partial charge is 0.189 e. The standard InChI is InChI=1S/C23H25N5O2/c1-14(2)28-8-7-16-18(10-24)22(27)23(12-25,13-26)21(19(16)11-28)17-9-15(29-3)5-6-20(17)30-4/h5-7,9,14,18-19,21,27H,8,11H2,1-4H3/t18?,19-,21-/m1/s1. The molecule has 1 fully saturated rings. The summed E-state index contributed by atoms with van der Waals surface area (Å²) in [7, 11) is 3.09. The Morgan fingerprint density at radius 3 is 2.40 bits per heavy atom. The molecule has 0 bridgehead atoms. The second-order valence-corrected chi connectivity index (χ2v) is 7.95. The SMILES string of the molecule is COc1ccc(OC)c([C@@H]2[C@@H]3CN(C(C)C)CC=C3C(C#N)C(=N)C2(C#N)C#N)c1. The third kappa shape index (κ3) is 3.11. The highest BCUT2D eigenvalue weighted by molar-refractivity contribution is 6.01. The number of nitrogens with zero attached hydrogens (tertiary/aromatic N) is 4. The summed E-state index contributed by atoms with van der Waals surface area (Å²) in [6.07, 6.45) is 1.99. The first-order chi connectivity index (χ1) is 14.4. The van der Waals surface area contributed by atoms with Gasteiger partial charge in [0.2, 0.25) is 0 Å². The number of hydrogen-bond donors (Lipinski definition) is 1. The highest BCUT2D eigenvalue weighted by Crippen LogP contribution is 2.55. The van der Waals surface area contributed by atoms with Gasteiger partial charge < -0.3 is 14.9 Å². The minimum absolute atomic E-state index is 0.162. The van der Waals surface area contributed by atoms with E-state index in [0.717, 1.165) is 5.57 Å². The lowest BCUT2D eigenvalue weighted by Crippen LogP contribution is -2.53. The molecule has 0 saturated heterocycles. The van der Waals surface area contributed by atoms with Crippen LogP contribution in [-0.2, 0) is 0 Å². The molecule has 154 valence electrons. The molecule has 1 aromatic carbocycles. The Labute approximate surface area is 177 Å². The molecule has 3 rings (SSSR count). The van der Waals surface area contributed by atoms with Crippen LogP contribution in [0.2, 0.25) is 0 Å². The van der Waals surface area contributed by atoms with Crippen LogP contribution >= 0.6 is 0 Å². The molecule has 7 heteroatoms. The van der Waals surface area contributed by atoms with E-state index in [2.05, 4.69) is 37.0 Å². The van der Waals surface area contributed by atoms with Gasteiger partial charge in [-0.05, 0) is 37.6 Å². The van der Waals surface area contributed by atoms with Crippen molar-refractivity contribution in [2.75, 3.05) is 27.3 Å². The Balaban J connectivity index is 2.32. The number of fused-ring (bicyclic) bond motifs is 1. The van der Waals surface area contributed by atoms with Crippen molar-refractivity contribution in [1.29, 1.82) is 21.2 Å². The lowest BCUT2D eigenvalue weighted by molar-refractivity contribution is 0.170. The van der Waals surface area contributed by atoms with E-state index < -0.39 is 17.3 Å². The summed E-state index contributed by atoms with van der Waals surface area (Å²) in [5, 5.41) is 38.9. The average Bonchev–Trinajstić information content (AvgIpc) is 2.77. The second-order valence-electron chi connectivity index (χ2n) is 7.95. The van der Waals surface area contributed by atoms with Crippen LogP contribution in [0.5, 0.6) is 11.5 Å². The monoisotopic (exact) mass is 403 g/mol. The minimum Gasteiger partial charge on any atom is -0.497 e. The molecule has 1 aliphatic heterocycles. The summed E-state index contributed by atoms with van der Waals surface area (Å²) in [5.41, 5.74) is -0.481. The quantitative estimate of drug-likeness (QED) is 0.771. The molecule has 2 aliphatic rings. The van der Waals surface area contributed by atoms with Gasteiger partial charge in [0.1, 0.15) is 17.4 Å². The summed E-state index contributed by atoms with van der Waals surface area (Å²) in [4.78, 5) is 2.25. The van der Waals surface area contributed by atoms with E-state index >= 15 is 0 Å². The number of benzene rings is 1. The van der Waals surface area contributed by atoms with Gasteiger partial charge >= 0.3 is 0 Å². The molecule has 1 aliphatic carbocycles. The van der Waals surface area contributed by atoms with Gasteiger partial charge in [0, 0.05) is 36.5 Å². The van der Waals surface area contributed by atoms with E-state index in [1.807, 2.05) is 6.08 Å². The van der Waals surface area contributed by atoms with Crippen LogP contribution in [0.1, 0.15) is 25.3 Å². The molecule has 3 atom stereocenters. The molecule has 0 aromatic heterocycles. The Morgan fingerprint density at radius 1 is 1.17 bits per heavy atom. The molecule has 30 heavy (non-hydrogen) atoms. The molecule has 1 saturated carbocycles. The van der Waals surface area contributed by atoms with Gasteiger partial charge in [0.05, 0.1) is 38.1 Å². The first-order valence-electron chi connectivity index (χ1n) is 9.85. The first-order valence-corrected chi connectivity index (χ1v) is 9.85. The molecule has 7 nitrogen and oxygen atoms in total. The summed E-state index contributed by atoms with van der Waals surface area (Å²) >= 11 is 0. The molecule has 0 radical (unpaired) electrons. The summed E-state index contributed by atoms with van der Waals surface area (Å²) < 4.78 is 11.0. The Hall–Kier alpha value is -3.34. The molecule has 1 heterocycles. The summed E-state index contributed by atoms with van der Waals surface area (Å²) in [6, 6.07) is 12.0. The fraction of sp³-hybridized carbons (Fsp3) is 0.478. The first kappa shape index (κ1) is 21.4. The number of hydrogen-bond acceptors (Lipinski definition) is 7. The molecule has 1 aromatic rings. The van der Waals surface area contributed by atoms with Gasteiger partial charge in [-0.25, -0.2) is 0 Å². The van der Waals surface area contributed by atoms with Crippen molar-refractivity contribution < 1.29 is 9.47 Å². The van der Waals surface area contributed by atoms with Crippen molar-refractivity contribution in [3.8, 4) is 29.7 Å². The fourth-order valence-corrected chi connectivity index (χ4v) is 4.68. The maximum Gasteiger partial charge on any atom is 0.189 e. The summed E-state index contributed by atoms with van der Waals surface area (Å²) in [5.74, 6) is -0.717. The molecular weight excluding hydrogens is 378 g/mol. The van der Waals surface area contributed by atoms with Gasteiger partial charge in [-0.1, -0.05) is 6.08 Å². The molecule has 0 spiro atoms. The molecule has 1 unspecified atom stereocenters. The normalized spacial score (nSPS) is 25.3. The van der Waals surface area contributed by atoms with Crippen molar-refractivity contribution in [3.05, 3.63) is 35.4 Å². The Morgan fingerprint density at radius 2 is 1.87 bits per heavy atom. The van der Waals surface area contributed by atoms with Gasteiger partial charge in [-0.15, -0.1) is 0 Å². The highest BCUT2D eigenvalue weighted by Gasteiger charge is 2.58. The third-order valence-electron chi connectivity index (χ3n) is 6.32. The maximum absolute atomic E-state index is 10.2. The topological polar surface area (TPSA) is 117 Å². The van der Waals surface area contributed by atoms with Crippen LogP contribution in [0.25, 0.3) is 0 Å². The Bertz CT molecular complexity index is 994. The van der Waals surface area contributed by atoms with E-state index in [9.17, 15) is 15.8 Å². The van der Waals surface area contributed by atoms with E-state index in [0.29, 0.717) is 30.2 Å². The number of nitriles is 3. The predicted molar refractivity (Wildman–Crippen MR) is 111 cm³/mol. The van der Waals surface area contributed by atoms with Gasteiger partial charge in [-0.3, -0.25) is 4.90 Å². The number of methoxy groups -OCH3 is 2. The highest BCUT2D eigenvalue weighted by atomic mass is 16.5. The van der Waals surface area contributed by atoms with Crippen LogP contribution in [0.15, 0.2) is 29.8 Å². The third-order valence-corrected chi connectivity index (χ3v) is 6.32. The van der Waals surface area contributed by atoms with Crippen molar-refractivity contribution in [1.82, 2.24) is 4.90 Å². The lowest BCUT2D eigenvalue weighted by atomic mass is 9.54. The Kier molecular flexibility index (Phi) is 5.83. The van der Waals surface area contributed by atoms with Crippen LogP contribution in [0.4, 0.5) is 0 Å². The van der Waals surface area contributed by atoms with Gasteiger partial charge in [-0.2, -0.15) is 15.8 Å². The largest absolute Gasteiger partial charge is 0.497 e. The number of ether oxygens (including phenoxy) is 2. The average molecular weight is 403 g/mol. The lowest BCUT2D eigenvalue weighted by Gasteiger charge is -2.48. The van der Waals surface area contributed by atoms with Crippen LogP contribution in [0.3, 0.4) is 0 Å². The zero-order chi connectivity index (χ0) is 22.1. The minimum atomic E-state index is -1.78. The second kappa shape index (κ2) is 8.19. The van der Waals surface area contributed by atoms with Crippen molar-refractivity contribution in [2.45, 2.75) is 25.8 Å². The number of nitrogens with one attached hydrogen (secondary N) is 1. The molecule has 0 amide bonds.